The Labute approximate surface area is 279 Å². The zero-order valence-electron chi connectivity index (χ0n) is 27.9. The molecule has 2 aromatic rings. The number of carbonyl (C=O) groups is 5. The van der Waals surface area contributed by atoms with Crippen LogP contribution < -0.4 is 18.9 Å². The summed E-state index contributed by atoms with van der Waals surface area (Å²) in [6.45, 7) is 5.56. The number of ether oxygens (including phenoxy) is 6. The SMILES string of the molecule is C=CC(=O)OCC(C)(C)C(=O)C(=O)N1CCCC[C@H]1C(=O)OC(CCc1cc(OC)cc(OC)c1OC)c1cccc(OCC(=O)O)c1. The van der Waals surface area contributed by atoms with Crippen molar-refractivity contribution in [3.63, 3.8) is 0 Å². The van der Waals surface area contributed by atoms with Gasteiger partial charge in [0.2, 0.25) is 5.78 Å². The van der Waals surface area contributed by atoms with Crippen molar-refractivity contribution in [2.24, 2.45) is 5.41 Å². The molecule has 2 atom stereocenters. The molecule has 1 unspecified atom stereocenters. The average Bonchev–Trinajstić information content (AvgIpc) is 3.10. The van der Waals surface area contributed by atoms with Gasteiger partial charge in [-0.05, 0) is 69.7 Å². The molecule has 0 spiro atoms. The molecule has 0 bridgehead atoms. The highest BCUT2D eigenvalue weighted by molar-refractivity contribution is 6.38. The van der Waals surface area contributed by atoms with Crippen molar-refractivity contribution in [2.75, 3.05) is 41.1 Å². The molecule has 0 radical (unpaired) electrons. The molecule has 1 N–H and O–H groups in total. The van der Waals surface area contributed by atoms with Crippen LogP contribution in [-0.2, 0) is 39.9 Å². The molecule has 1 heterocycles. The Hall–Kier alpha value is -5.07. The number of hydrogen-bond donors (Lipinski definition) is 1. The van der Waals surface area contributed by atoms with E-state index in [4.69, 9.17) is 33.5 Å². The number of rotatable bonds is 17. The predicted molar refractivity (Wildman–Crippen MR) is 172 cm³/mol. The number of ketones is 1. The van der Waals surface area contributed by atoms with Crippen LogP contribution in [0.2, 0.25) is 0 Å². The minimum atomic E-state index is -1.35. The molecule has 1 fully saturated rings. The number of carbonyl (C=O) groups excluding carboxylic acids is 4. The van der Waals surface area contributed by atoms with Crippen LogP contribution >= 0.6 is 0 Å². The maximum absolute atomic E-state index is 13.9. The number of hydrogen-bond acceptors (Lipinski definition) is 11. The summed E-state index contributed by atoms with van der Waals surface area (Å²) >= 11 is 0. The van der Waals surface area contributed by atoms with Crippen LogP contribution in [0.15, 0.2) is 49.1 Å². The van der Waals surface area contributed by atoms with E-state index in [9.17, 15) is 24.0 Å². The molecule has 0 aromatic heterocycles. The number of amides is 1. The number of aliphatic carboxylic acids is 1. The lowest BCUT2D eigenvalue weighted by Crippen LogP contribution is -2.53. The summed E-state index contributed by atoms with van der Waals surface area (Å²) in [5, 5.41) is 9.08. The normalized spacial score (nSPS) is 15.0. The van der Waals surface area contributed by atoms with Crippen molar-refractivity contribution in [2.45, 2.75) is 58.1 Å². The quantitative estimate of drug-likeness (QED) is 0.146. The van der Waals surface area contributed by atoms with Gasteiger partial charge in [-0.1, -0.05) is 18.7 Å². The van der Waals surface area contributed by atoms with Gasteiger partial charge in [-0.25, -0.2) is 14.4 Å². The lowest BCUT2D eigenvalue weighted by Gasteiger charge is -2.36. The minimum absolute atomic E-state index is 0.164. The number of aryl methyl sites for hydroxylation is 1. The standard InChI is InChI=1S/C35H43NO12/c1-7-30(39)47-21-35(2,3)32(40)33(41)36-16-9-8-13-26(36)34(42)48-27(22-11-10-12-24(17-22)46-20-29(37)38)15-14-23-18-25(43-4)19-28(44-5)31(23)45-6/h7,10-12,17-19,26-27H,1,8-9,13-16,20-21H2,2-6H3,(H,37,38)/t26-,27?/m0/s1. The number of carboxylic acids is 1. The minimum Gasteiger partial charge on any atom is -0.497 e. The maximum atomic E-state index is 13.9. The van der Waals surface area contributed by atoms with Crippen molar-refractivity contribution in [1.82, 2.24) is 4.90 Å². The van der Waals surface area contributed by atoms with Crippen LogP contribution in [0.25, 0.3) is 0 Å². The zero-order chi connectivity index (χ0) is 35.4. The van der Waals surface area contributed by atoms with Crippen LogP contribution in [0.5, 0.6) is 23.0 Å². The molecule has 48 heavy (non-hydrogen) atoms. The van der Waals surface area contributed by atoms with Gasteiger partial charge in [-0.3, -0.25) is 9.59 Å². The van der Waals surface area contributed by atoms with Crippen LogP contribution in [-0.4, -0.2) is 86.7 Å². The maximum Gasteiger partial charge on any atom is 0.341 e. The van der Waals surface area contributed by atoms with E-state index in [1.807, 2.05) is 0 Å². The van der Waals surface area contributed by atoms with Gasteiger partial charge in [0, 0.05) is 24.3 Å². The van der Waals surface area contributed by atoms with Gasteiger partial charge < -0.3 is 38.4 Å². The van der Waals surface area contributed by atoms with Crippen molar-refractivity contribution < 1.29 is 57.5 Å². The van der Waals surface area contributed by atoms with E-state index in [1.165, 1.54) is 40.1 Å². The summed E-state index contributed by atoms with van der Waals surface area (Å²) in [5.41, 5.74) is -0.111. The number of piperidine rings is 1. The van der Waals surface area contributed by atoms with Crippen molar-refractivity contribution in [3.05, 3.63) is 60.2 Å². The van der Waals surface area contributed by atoms with Crippen LogP contribution in [0.4, 0.5) is 0 Å². The van der Waals surface area contributed by atoms with Gasteiger partial charge >= 0.3 is 17.9 Å². The Morgan fingerprint density at radius 2 is 1.77 bits per heavy atom. The van der Waals surface area contributed by atoms with E-state index in [-0.39, 0.29) is 31.7 Å². The molecule has 13 nitrogen and oxygen atoms in total. The van der Waals surface area contributed by atoms with Gasteiger partial charge in [-0.15, -0.1) is 0 Å². The molecule has 0 aliphatic carbocycles. The first-order chi connectivity index (χ1) is 22.8. The van der Waals surface area contributed by atoms with Gasteiger partial charge in [0.05, 0.1) is 26.7 Å². The molecular formula is C35H43NO12. The number of methoxy groups -OCH3 is 3. The first-order valence-electron chi connectivity index (χ1n) is 15.4. The second-order valence-electron chi connectivity index (χ2n) is 11.8. The Kier molecular flexibility index (Phi) is 13.4. The number of benzene rings is 2. The summed E-state index contributed by atoms with van der Waals surface area (Å²) in [4.78, 5) is 64.6. The monoisotopic (exact) mass is 669 g/mol. The Bertz CT molecular complexity index is 1500. The van der Waals surface area contributed by atoms with Gasteiger partial charge in [-0.2, -0.15) is 0 Å². The number of likely N-dealkylation sites (tertiary alicyclic amines) is 1. The summed E-state index contributed by atoms with van der Waals surface area (Å²) in [5.74, 6) is -2.54. The largest absolute Gasteiger partial charge is 0.497 e. The highest BCUT2D eigenvalue weighted by Crippen LogP contribution is 2.38. The highest BCUT2D eigenvalue weighted by atomic mass is 16.5. The highest BCUT2D eigenvalue weighted by Gasteiger charge is 2.42. The molecule has 1 amide bonds. The number of nitrogens with zero attached hydrogens (tertiary/aromatic N) is 1. The van der Waals surface area contributed by atoms with Gasteiger partial charge in [0.15, 0.2) is 18.1 Å². The summed E-state index contributed by atoms with van der Waals surface area (Å²) in [6.07, 6.45) is 2.14. The molecular weight excluding hydrogens is 626 g/mol. The van der Waals surface area contributed by atoms with E-state index in [1.54, 1.807) is 36.4 Å². The topological polar surface area (TPSA) is 164 Å². The predicted octanol–water partition coefficient (Wildman–Crippen LogP) is 4.10. The molecule has 1 aliphatic rings. The zero-order valence-corrected chi connectivity index (χ0v) is 27.9. The van der Waals surface area contributed by atoms with Crippen LogP contribution in [0.3, 0.4) is 0 Å². The lowest BCUT2D eigenvalue weighted by atomic mass is 9.87. The average molecular weight is 670 g/mol. The van der Waals surface area contributed by atoms with Gasteiger partial charge in [0.1, 0.15) is 30.3 Å². The molecule has 1 aliphatic heterocycles. The fourth-order valence-corrected chi connectivity index (χ4v) is 5.28. The third-order valence-electron chi connectivity index (χ3n) is 7.88. The molecule has 0 saturated carbocycles. The van der Waals surface area contributed by atoms with Crippen molar-refractivity contribution in [1.29, 1.82) is 0 Å². The number of carboxylic acid groups (broad SMARTS) is 1. The van der Waals surface area contributed by atoms with Crippen molar-refractivity contribution >= 4 is 29.6 Å². The smallest absolute Gasteiger partial charge is 0.341 e. The first kappa shape index (κ1) is 37.4. The van der Waals surface area contributed by atoms with E-state index in [0.717, 1.165) is 6.08 Å². The molecule has 3 rings (SSSR count). The van der Waals surface area contributed by atoms with Crippen molar-refractivity contribution in [3.8, 4) is 23.0 Å². The Morgan fingerprint density at radius 1 is 1.02 bits per heavy atom. The number of esters is 2. The summed E-state index contributed by atoms with van der Waals surface area (Å²) in [7, 11) is 4.54. The third kappa shape index (κ3) is 9.72. The first-order valence-corrected chi connectivity index (χ1v) is 15.4. The fourth-order valence-electron chi connectivity index (χ4n) is 5.28. The van der Waals surface area contributed by atoms with E-state index in [2.05, 4.69) is 6.58 Å². The molecule has 2 aromatic carbocycles. The van der Waals surface area contributed by atoms with E-state index >= 15 is 0 Å². The van der Waals surface area contributed by atoms with Gasteiger partial charge in [0.25, 0.3) is 5.91 Å². The number of Topliss-reactive ketones (excluding diaryl/α,β-unsaturated/α-hetero) is 1. The van der Waals surface area contributed by atoms with Crippen LogP contribution in [0.1, 0.15) is 56.8 Å². The summed E-state index contributed by atoms with van der Waals surface area (Å²) in [6, 6.07) is 8.97. The second-order valence-corrected chi connectivity index (χ2v) is 11.8. The summed E-state index contributed by atoms with van der Waals surface area (Å²) < 4.78 is 33.0. The second kappa shape index (κ2) is 17.2. The Morgan fingerprint density at radius 3 is 2.42 bits per heavy atom. The Balaban J connectivity index is 1.91. The molecule has 13 heteroatoms. The van der Waals surface area contributed by atoms with Crippen LogP contribution in [0, 0.1) is 5.41 Å². The fraction of sp³-hybridized carbons (Fsp3) is 0.457. The molecule has 260 valence electrons. The third-order valence-corrected chi connectivity index (χ3v) is 7.88. The van der Waals surface area contributed by atoms with E-state index < -0.39 is 53.8 Å². The van der Waals surface area contributed by atoms with E-state index in [0.29, 0.717) is 47.6 Å². The lowest BCUT2D eigenvalue weighted by molar-refractivity contribution is -0.165. The molecule has 1 saturated heterocycles.